The maximum absolute atomic E-state index is 13.9. The molecule has 2 fully saturated rings. The van der Waals surface area contributed by atoms with Crippen LogP contribution in [0.15, 0.2) is 42.5 Å². The number of alkyl halides is 3. The van der Waals surface area contributed by atoms with Gasteiger partial charge in [-0.05, 0) is 48.7 Å². The van der Waals surface area contributed by atoms with Crippen molar-refractivity contribution >= 4 is 23.2 Å². The van der Waals surface area contributed by atoms with Crippen LogP contribution in [-0.2, 0) is 10.2 Å². The van der Waals surface area contributed by atoms with Gasteiger partial charge in [0.1, 0.15) is 11.2 Å². The average Bonchev–Trinajstić information content (AvgIpc) is 3.47. The first-order valence-corrected chi connectivity index (χ1v) is 10.1. The van der Waals surface area contributed by atoms with Crippen LogP contribution in [0.1, 0.15) is 17.5 Å². The molecule has 4 rings (SSSR count). The lowest BCUT2D eigenvalue weighted by Gasteiger charge is -2.37. The van der Waals surface area contributed by atoms with Crippen LogP contribution in [0.2, 0.25) is 5.02 Å². The Morgan fingerprint density at radius 2 is 1.70 bits per heavy atom. The summed E-state index contributed by atoms with van der Waals surface area (Å²) in [6, 6.07) is 9.87. The molecule has 2 aliphatic rings. The quantitative estimate of drug-likeness (QED) is 0.630. The van der Waals surface area contributed by atoms with Gasteiger partial charge in [-0.1, -0.05) is 29.8 Å². The molecule has 0 unspecified atom stereocenters. The van der Waals surface area contributed by atoms with E-state index >= 15 is 0 Å². The number of rotatable bonds is 3. The molecule has 2 aromatic rings. The number of hydrogen-bond donors (Lipinski definition) is 0. The minimum Gasteiger partial charge on any atom is -0.368 e. The number of nitrogens with zero attached hydrogens (tertiary/aromatic N) is 2. The highest BCUT2D eigenvalue weighted by atomic mass is 35.5. The summed E-state index contributed by atoms with van der Waals surface area (Å²) in [5.74, 6) is -2.26. The summed E-state index contributed by atoms with van der Waals surface area (Å²) in [4.78, 5) is 16.5. The predicted molar refractivity (Wildman–Crippen MR) is 107 cm³/mol. The lowest BCUT2D eigenvalue weighted by molar-refractivity contribution is -0.169. The van der Waals surface area contributed by atoms with Gasteiger partial charge in [0.2, 0.25) is 5.91 Å². The molecule has 1 aliphatic heterocycles. The van der Waals surface area contributed by atoms with Crippen molar-refractivity contribution in [3.8, 4) is 0 Å². The van der Waals surface area contributed by atoms with Crippen LogP contribution < -0.4 is 4.90 Å². The number of aryl methyl sites for hydroxylation is 1. The Kier molecular flexibility index (Phi) is 5.21. The number of benzene rings is 2. The summed E-state index contributed by atoms with van der Waals surface area (Å²) in [6.45, 7) is 3.70. The molecule has 0 bridgehead atoms. The van der Waals surface area contributed by atoms with E-state index in [1.165, 1.54) is 4.90 Å². The molecule has 0 radical (unpaired) electrons. The number of piperazine rings is 1. The lowest BCUT2D eigenvalue weighted by atomic mass is 9.92. The van der Waals surface area contributed by atoms with Crippen molar-refractivity contribution in [3.63, 3.8) is 0 Å². The fraction of sp³-hybridized carbons (Fsp3) is 0.409. The van der Waals surface area contributed by atoms with Crippen LogP contribution >= 0.6 is 11.6 Å². The molecule has 30 heavy (non-hydrogen) atoms. The number of anilines is 1. The van der Waals surface area contributed by atoms with E-state index in [2.05, 4.69) is 4.90 Å². The van der Waals surface area contributed by atoms with E-state index < -0.39 is 29.2 Å². The molecule has 0 spiro atoms. The number of hydrogen-bond acceptors (Lipinski definition) is 2. The minimum atomic E-state index is -4.58. The third-order valence-electron chi connectivity index (χ3n) is 6.23. The van der Waals surface area contributed by atoms with Crippen LogP contribution in [-0.4, -0.2) is 43.2 Å². The zero-order valence-corrected chi connectivity index (χ0v) is 17.1. The van der Waals surface area contributed by atoms with E-state index in [1.54, 1.807) is 6.07 Å². The van der Waals surface area contributed by atoms with Crippen molar-refractivity contribution in [3.05, 3.63) is 64.4 Å². The molecule has 160 valence electrons. The first-order chi connectivity index (χ1) is 14.1. The largest absolute Gasteiger partial charge is 0.399 e. The van der Waals surface area contributed by atoms with Gasteiger partial charge in [-0.3, -0.25) is 4.79 Å². The molecule has 1 amide bonds. The summed E-state index contributed by atoms with van der Waals surface area (Å²) < 4.78 is 55.0. The Bertz CT molecular complexity index is 955. The Labute approximate surface area is 177 Å². The second-order valence-corrected chi connectivity index (χ2v) is 8.41. The fourth-order valence-corrected chi connectivity index (χ4v) is 4.58. The topological polar surface area (TPSA) is 23.6 Å². The molecular weight excluding hydrogens is 420 g/mol. The second-order valence-electron chi connectivity index (χ2n) is 7.98. The highest BCUT2D eigenvalue weighted by Crippen LogP contribution is 2.64. The highest BCUT2D eigenvalue weighted by Gasteiger charge is 2.74. The molecule has 1 heterocycles. The van der Waals surface area contributed by atoms with Crippen LogP contribution in [0.25, 0.3) is 0 Å². The molecule has 0 N–H and O–H groups in total. The van der Waals surface area contributed by atoms with Crippen molar-refractivity contribution in [1.82, 2.24) is 4.90 Å². The molecule has 2 aromatic carbocycles. The van der Waals surface area contributed by atoms with Gasteiger partial charge in [0.15, 0.2) is 0 Å². The first kappa shape index (κ1) is 21.0. The van der Waals surface area contributed by atoms with E-state index in [0.29, 0.717) is 31.2 Å². The van der Waals surface area contributed by atoms with Crippen molar-refractivity contribution in [2.75, 3.05) is 31.1 Å². The van der Waals surface area contributed by atoms with Gasteiger partial charge >= 0.3 is 6.18 Å². The molecule has 8 heteroatoms. The van der Waals surface area contributed by atoms with Crippen LogP contribution in [0.5, 0.6) is 0 Å². The Morgan fingerprint density at radius 3 is 2.30 bits per heavy atom. The number of carbonyl (C=O) groups excluding carboxylic acids is 1. The number of amides is 1. The second kappa shape index (κ2) is 7.45. The Morgan fingerprint density at radius 1 is 1.07 bits per heavy atom. The predicted octanol–water partition coefficient (Wildman–Crippen LogP) is 4.96. The van der Waals surface area contributed by atoms with E-state index in [-0.39, 0.29) is 12.0 Å². The molecule has 0 aromatic heterocycles. The third-order valence-corrected chi connectivity index (χ3v) is 6.46. The maximum atomic E-state index is 13.9. The SMILES string of the molecule is Cc1ccc(Cl)cc1N1CCN(C(=O)[C@@H]2C[C@]2(c2ccc(F)cc2)C(F)(F)F)CC1. The summed E-state index contributed by atoms with van der Waals surface area (Å²) in [5.41, 5.74) is -0.257. The monoisotopic (exact) mass is 440 g/mol. The molecule has 3 nitrogen and oxygen atoms in total. The van der Waals surface area contributed by atoms with Gasteiger partial charge in [-0.25, -0.2) is 4.39 Å². The number of halogens is 5. The zero-order valence-electron chi connectivity index (χ0n) is 16.3. The van der Waals surface area contributed by atoms with Crippen LogP contribution in [0, 0.1) is 18.7 Å². The normalized spacial score (nSPS) is 24.1. The number of carbonyl (C=O) groups is 1. The third kappa shape index (κ3) is 3.53. The summed E-state index contributed by atoms with van der Waals surface area (Å²) in [7, 11) is 0. The van der Waals surface area contributed by atoms with Gasteiger partial charge in [0.05, 0.1) is 5.92 Å². The summed E-state index contributed by atoms with van der Waals surface area (Å²) in [6.07, 6.45) is -4.88. The minimum absolute atomic E-state index is 0.0528. The molecular formula is C22H21ClF4N2O. The van der Waals surface area contributed by atoms with Gasteiger partial charge < -0.3 is 9.80 Å². The Hall–Kier alpha value is -2.28. The average molecular weight is 441 g/mol. The summed E-state index contributed by atoms with van der Waals surface area (Å²) in [5, 5.41) is 0.612. The van der Waals surface area contributed by atoms with Crippen LogP contribution in [0.4, 0.5) is 23.2 Å². The van der Waals surface area contributed by atoms with Crippen molar-refractivity contribution in [2.24, 2.45) is 5.92 Å². The van der Waals surface area contributed by atoms with Gasteiger partial charge in [-0.2, -0.15) is 13.2 Å². The van der Waals surface area contributed by atoms with Gasteiger partial charge in [-0.15, -0.1) is 0 Å². The van der Waals surface area contributed by atoms with Crippen molar-refractivity contribution in [1.29, 1.82) is 0 Å². The van der Waals surface area contributed by atoms with E-state index in [9.17, 15) is 22.4 Å². The van der Waals surface area contributed by atoms with E-state index in [1.807, 2.05) is 19.1 Å². The smallest absolute Gasteiger partial charge is 0.368 e. The molecule has 1 saturated heterocycles. The van der Waals surface area contributed by atoms with Crippen LogP contribution in [0.3, 0.4) is 0 Å². The van der Waals surface area contributed by atoms with E-state index in [4.69, 9.17) is 11.6 Å². The lowest BCUT2D eigenvalue weighted by Crippen LogP contribution is -2.50. The van der Waals surface area contributed by atoms with Gasteiger partial charge in [0.25, 0.3) is 0 Å². The van der Waals surface area contributed by atoms with Crippen molar-refractivity contribution in [2.45, 2.75) is 24.9 Å². The molecule has 1 saturated carbocycles. The first-order valence-electron chi connectivity index (χ1n) is 9.76. The molecule has 1 aliphatic carbocycles. The van der Waals surface area contributed by atoms with Crippen molar-refractivity contribution < 1.29 is 22.4 Å². The standard InChI is InChI=1S/C22H21ClF4N2O/c1-14-2-5-16(23)12-19(14)28-8-10-29(11-9-28)20(30)18-13-21(18,22(25,26)27)15-3-6-17(24)7-4-15/h2-7,12,18H,8-11,13H2,1H3/t18-,21+/m0/s1. The highest BCUT2D eigenvalue weighted by molar-refractivity contribution is 6.30. The zero-order chi connectivity index (χ0) is 21.7. The van der Waals surface area contributed by atoms with E-state index in [0.717, 1.165) is 35.5 Å². The Balaban J connectivity index is 1.48. The fourth-order valence-electron chi connectivity index (χ4n) is 4.42. The summed E-state index contributed by atoms with van der Waals surface area (Å²) >= 11 is 6.09. The van der Waals surface area contributed by atoms with Gasteiger partial charge in [0, 0.05) is 36.9 Å². The molecule has 2 atom stereocenters. The maximum Gasteiger partial charge on any atom is 0.399 e.